The predicted molar refractivity (Wildman–Crippen MR) is 136 cm³/mol. The van der Waals surface area contributed by atoms with Gasteiger partial charge in [0.25, 0.3) is 5.91 Å². The zero-order valence-corrected chi connectivity index (χ0v) is 19.0. The SMILES string of the molecule is Cc1cnn2c(NCCCCNC(=O)c3c[nH]c4ccccc34)cc(-c3ccccc3N)nc12. The maximum absolute atomic E-state index is 12.5. The van der Waals surface area contributed by atoms with Crippen LogP contribution in [0.3, 0.4) is 0 Å². The van der Waals surface area contributed by atoms with E-state index >= 15 is 0 Å². The quantitative estimate of drug-likeness (QED) is 0.206. The number of carbonyl (C=O) groups excluding carboxylic acids is 1. The van der Waals surface area contributed by atoms with Crippen molar-refractivity contribution in [3.63, 3.8) is 0 Å². The highest BCUT2D eigenvalue weighted by atomic mass is 16.1. The Hall–Kier alpha value is -4.33. The Morgan fingerprint density at radius 1 is 1.09 bits per heavy atom. The predicted octanol–water partition coefficient (Wildman–Crippen LogP) is 4.39. The number of aryl methyl sites for hydroxylation is 1. The number of para-hydroxylation sites is 2. The van der Waals surface area contributed by atoms with Crippen LogP contribution in [0.5, 0.6) is 0 Å². The molecule has 0 saturated heterocycles. The van der Waals surface area contributed by atoms with Gasteiger partial charge in [-0.3, -0.25) is 4.79 Å². The van der Waals surface area contributed by atoms with E-state index in [1.807, 2.05) is 72.2 Å². The Bertz CT molecular complexity index is 1470. The minimum atomic E-state index is -0.0571. The summed E-state index contributed by atoms with van der Waals surface area (Å²) in [6.07, 6.45) is 5.32. The molecule has 0 spiro atoms. The van der Waals surface area contributed by atoms with Gasteiger partial charge in [0.1, 0.15) is 5.82 Å². The molecule has 0 aliphatic carbocycles. The number of hydrogen-bond acceptors (Lipinski definition) is 5. The molecule has 0 bridgehead atoms. The molecule has 0 radical (unpaired) electrons. The number of fused-ring (bicyclic) bond motifs is 2. The number of nitrogen functional groups attached to an aromatic ring is 1. The fraction of sp³-hybridized carbons (Fsp3) is 0.192. The van der Waals surface area contributed by atoms with Gasteiger partial charge in [-0.05, 0) is 31.9 Å². The molecule has 5 aromatic rings. The van der Waals surface area contributed by atoms with E-state index in [1.54, 1.807) is 6.20 Å². The highest BCUT2D eigenvalue weighted by Gasteiger charge is 2.13. The smallest absolute Gasteiger partial charge is 0.253 e. The minimum Gasteiger partial charge on any atom is -0.398 e. The van der Waals surface area contributed by atoms with Crippen LogP contribution >= 0.6 is 0 Å². The van der Waals surface area contributed by atoms with Crippen LogP contribution < -0.4 is 16.4 Å². The highest BCUT2D eigenvalue weighted by molar-refractivity contribution is 6.06. The number of nitrogens with two attached hydrogens (primary N) is 1. The van der Waals surface area contributed by atoms with Gasteiger partial charge in [-0.2, -0.15) is 9.61 Å². The van der Waals surface area contributed by atoms with E-state index in [-0.39, 0.29) is 5.91 Å². The lowest BCUT2D eigenvalue weighted by molar-refractivity contribution is 0.0955. The zero-order valence-electron chi connectivity index (χ0n) is 19.0. The molecule has 1 amide bonds. The van der Waals surface area contributed by atoms with Crippen molar-refractivity contribution in [1.82, 2.24) is 24.9 Å². The first kappa shape index (κ1) is 21.5. The van der Waals surface area contributed by atoms with Gasteiger partial charge in [0, 0.05) is 53.1 Å². The zero-order chi connectivity index (χ0) is 23.5. The van der Waals surface area contributed by atoms with Crippen LogP contribution in [0.2, 0.25) is 0 Å². The molecule has 0 fully saturated rings. The number of aromatic amines is 1. The molecule has 5 rings (SSSR count). The largest absolute Gasteiger partial charge is 0.398 e. The number of amides is 1. The third kappa shape index (κ3) is 4.17. The van der Waals surface area contributed by atoms with Crippen molar-refractivity contribution >= 4 is 34.0 Å². The molecule has 2 aromatic carbocycles. The number of rotatable bonds is 8. The average molecular weight is 454 g/mol. The van der Waals surface area contributed by atoms with E-state index in [4.69, 9.17) is 10.7 Å². The lowest BCUT2D eigenvalue weighted by Gasteiger charge is -2.12. The van der Waals surface area contributed by atoms with E-state index in [1.165, 1.54) is 0 Å². The van der Waals surface area contributed by atoms with Crippen LogP contribution in [0.4, 0.5) is 11.5 Å². The molecule has 0 unspecified atom stereocenters. The maximum Gasteiger partial charge on any atom is 0.253 e. The number of carbonyl (C=O) groups is 1. The second-order valence-corrected chi connectivity index (χ2v) is 8.31. The average Bonchev–Trinajstić information content (AvgIpc) is 3.45. The first-order chi connectivity index (χ1) is 16.6. The number of hydrogen-bond donors (Lipinski definition) is 4. The molecule has 0 aliphatic rings. The van der Waals surface area contributed by atoms with Crippen LogP contribution in [-0.4, -0.2) is 38.6 Å². The van der Waals surface area contributed by atoms with Crippen LogP contribution in [0.25, 0.3) is 27.8 Å². The minimum absolute atomic E-state index is 0.0571. The second-order valence-electron chi connectivity index (χ2n) is 8.31. The van der Waals surface area contributed by atoms with Gasteiger partial charge in [0.05, 0.1) is 17.5 Å². The summed E-state index contributed by atoms with van der Waals surface area (Å²) in [5, 5.41) is 11.9. The van der Waals surface area contributed by atoms with Crippen molar-refractivity contribution in [2.45, 2.75) is 19.8 Å². The molecule has 5 N–H and O–H groups in total. The molecule has 0 saturated carbocycles. The molecule has 3 aromatic heterocycles. The number of benzene rings is 2. The third-order valence-corrected chi connectivity index (χ3v) is 5.91. The standard InChI is InChI=1S/C26H27N7O/c1-17-15-31-33-24(14-23(32-25(17)33)19-9-2-4-10-21(19)27)28-12-6-7-13-29-26(34)20-16-30-22-11-5-3-8-18(20)22/h2-5,8-11,14-16,28,30H,6-7,12-13,27H2,1H3,(H,29,34). The highest BCUT2D eigenvalue weighted by Crippen LogP contribution is 2.27. The molecular weight excluding hydrogens is 426 g/mol. The lowest BCUT2D eigenvalue weighted by Crippen LogP contribution is -2.24. The van der Waals surface area contributed by atoms with Gasteiger partial charge >= 0.3 is 0 Å². The Morgan fingerprint density at radius 2 is 1.88 bits per heavy atom. The van der Waals surface area contributed by atoms with Crippen LogP contribution in [-0.2, 0) is 0 Å². The summed E-state index contributed by atoms with van der Waals surface area (Å²) in [5.74, 6) is 0.803. The van der Waals surface area contributed by atoms with Gasteiger partial charge in [-0.1, -0.05) is 36.4 Å². The van der Waals surface area contributed by atoms with E-state index in [9.17, 15) is 4.79 Å². The van der Waals surface area contributed by atoms with Crippen molar-refractivity contribution in [2.24, 2.45) is 0 Å². The summed E-state index contributed by atoms with van der Waals surface area (Å²) in [7, 11) is 0. The van der Waals surface area contributed by atoms with Crippen LogP contribution in [0, 0.1) is 6.92 Å². The number of unbranched alkanes of at least 4 members (excludes halogenated alkanes) is 1. The number of nitrogens with zero attached hydrogens (tertiary/aromatic N) is 3. The van der Waals surface area contributed by atoms with Gasteiger partial charge in [-0.15, -0.1) is 0 Å². The Morgan fingerprint density at radius 3 is 2.76 bits per heavy atom. The number of aromatic nitrogens is 4. The van der Waals surface area contributed by atoms with E-state index in [0.717, 1.165) is 58.6 Å². The maximum atomic E-state index is 12.5. The summed E-state index contributed by atoms with van der Waals surface area (Å²) < 4.78 is 1.82. The van der Waals surface area contributed by atoms with Gasteiger partial charge in [-0.25, -0.2) is 4.98 Å². The van der Waals surface area contributed by atoms with Crippen molar-refractivity contribution in [3.05, 3.63) is 78.1 Å². The Balaban J connectivity index is 1.20. The monoisotopic (exact) mass is 453 g/mol. The lowest BCUT2D eigenvalue weighted by atomic mass is 10.1. The molecule has 0 atom stereocenters. The first-order valence-electron chi connectivity index (χ1n) is 11.4. The van der Waals surface area contributed by atoms with Gasteiger partial charge in [0.2, 0.25) is 0 Å². The third-order valence-electron chi connectivity index (χ3n) is 5.91. The molecule has 34 heavy (non-hydrogen) atoms. The van der Waals surface area contributed by atoms with Gasteiger partial charge in [0.15, 0.2) is 5.65 Å². The Kier molecular flexibility index (Phi) is 5.86. The Labute approximate surface area is 197 Å². The molecule has 8 nitrogen and oxygen atoms in total. The first-order valence-corrected chi connectivity index (χ1v) is 11.4. The van der Waals surface area contributed by atoms with Crippen molar-refractivity contribution in [1.29, 1.82) is 0 Å². The normalized spacial score (nSPS) is 11.2. The van der Waals surface area contributed by atoms with Crippen molar-refractivity contribution in [3.8, 4) is 11.3 Å². The van der Waals surface area contributed by atoms with Crippen molar-refractivity contribution < 1.29 is 4.79 Å². The topological polar surface area (TPSA) is 113 Å². The number of anilines is 2. The summed E-state index contributed by atoms with van der Waals surface area (Å²) in [4.78, 5) is 20.5. The van der Waals surface area contributed by atoms with Gasteiger partial charge < -0.3 is 21.4 Å². The van der Waals surface area contributed by atoms with Crippen LogP contribution in [0.1, 0.15) is 28.8 Å². The second kappa shape index (κ2) is 9.27. The van der Waals surface area contributed by atoms with E-state index in [0.29, 0.717) is 17.8 Å². The summed E-state index contributed by atoms with van der Waals surface area (Å²) in [5.41, 5.74) is 12.0. The summed E-state index contributed by atoms with van der Waals surface area (Å²) >= 11 is 0. The molecule has 172 valence electrons. The molecule has 3 heterocycles. The summed E-state index contributed by atoms with van der Waals surface area (Å²) in [6.45, 7) is 3.34. The van der Waals surface area contributed by atoms with Crippen molar-refractivity contribution in [2.75, 3.05) is 24.1 Å². The fourth-order valence-corrected chi connectivity index (χ4v) is 4.09. The molecular formula is C26H27N7O. The summed E-state index contributed by atoms with van der Waals surface area (Å²) in [6, 6.07) is 17.5. The number of nitrogens with one attached hydrogen (secondary N) is 3. The number of H-pyrrole nitrogens is 1. The van der Waals surface area contributed by atoms with E-state index in [2.05, 4.69) is 20.7 Å². The van der Waals surface area contributed by atoms with E-state index < -0.39 is 0 Å². The molecule has 0 aliphatic heterocycles. The van der Waals surface area contributed by atoms with Crippen LogP contribution in [0.15, 0.2) is 67.0 Å². The fourth-order valence-electron chi connectivity index (χ4n) is 4.09. The molecule has 8 heteroatoms.